The maximum atomic E-state index is 11.6. The molecule has 1 aliphatic carbocycles. The van der Waals surface area contributed by atoms with E-state index in [0.717, 1.165) is 30.9 Å². The molecule has 1 aliphatic rings. The van der Waals surface area contributed by atoms with Gasteiger partial charge in [0.15, 0.2) is 5.96 Å². The van der Waals surface area contributed by atoms with Crippen LogP contribution in [0, 0.1) is 0 Å². The van der Waals surface area contributed by atoms with Crippen LogP contribution in [0.5, 0.6) is 0 Å². The van der Waals surface area contributed by atoms with Crippen molar-refractivity contribution in [1.29, 1.82) is 0 Å². The first-order chi connectivity index (χ1) is 13.4. The van der Waals surface area contributed by atoms with Crippen LogP contribution < -0.4 is 15.4 Å². The third-order valence-corrected chi connectivity index (χ3v) is 5.49. The molecule has 158 valence electrons. The topological polar surface area (TPSA) is 82.6 Å². The number of para-hydroxylation sites is 1. The lowest BCUT2D eigenvalue weighted by atomic mass is 9.96. The Bertz CT molecular complexity index is 929. The van der Waals surface area contributed by atoms with Crippen LogP contribution in [-0.4, -0.2) is 33.7 Å². The quantitative estimate of drug-likeness (QED) is 0.279. The van der Waals surface area contributed by atoms with Gasteiger partial charge in [-0.1, -0.05) is 48.5 Å². The molecule has 0 bridgehead atoms. The molecule has 0 aliphatic heterocycles. The van der Waals surface area contributed by atoms with Crippen LogP contribution in [-0.2, 0) is 22.0 Å². The van der Waals surface area contributed by atoms with E-state index in [1.54, 1.807) is 12.1 Å². The smallest absolute Gasteiger partial charge is 0.229 e. The summed E-state index contributed by atoms with van der Waals surface area (Å²) in [4.78, 5) is 4.66. The number of nitrogens with one attached hydrogen (secondary N) is 3. The van der Waals surface area contributed by atoms with Crippen molar-refractivity contribution < 1.29 is 8.42 Å². The number of anilines is 1. The van der Waals surface area contributed by atoms with Crippen molar-refractivity contribution >= 4 is 45.6 Å². The minimum atomic E-state index is -3.33. The molecule has 29 heavy (non-hydrogen) atoms. The number of hydrogen-bond donors (Lipinski definition) is 3. The Hall–Kier alpha value is -1.81. The Balaban J connectivity index is 0.00000300. The third kappa shape index (κ3) is 6.88. The molecule has 0 radical (unpaired) electrons. The van der Waals surface area contributed by atoms with Crippen molar-refractivity contribution in [2.24, 2.45) is 4.99 Å². The van der Waals surface area contributed by atoms with Crippen LogP contribution in [0.15, 0.2) is 59.6 Å². The standard InChI is InChI=1S/C21H28N4O2S.HI/c1-3-22-20(24-16-21(13-14-21)18-10-5-4-6-11-18)23-15-17-9-7-8-12-19(17)25-28(2,26)27;/h4-12,25H,3,13-16H2,1-2H3,(H2,22,23,24);1H. The second-order valence-corrected chi connectivity index (χ2v) is 8.97. The molecule has 0 spiro atoms. The van der Waals surface area contributed by atoms with Gasteiger partial charge in [-0.2, -0.15) is 0 Å². The van der Waals surface area contributed by atoms with E-state index >= 15 is 0 Å². The molecule has 0 heterocycles. The molecule has 6 nitrogen and oxygen atoms in total. The van der Waals surface area contributed by atoms with Gasteiger partial charge in [-0.15, -0.1) is 24.0 Å². The summed E-state index contributed by atoms with van der Waals surface area (Å²) in [7, 11) is -3.33. The van der Waals surface area contributed by atoms with Crippen molar-refractivity contribution in [3.63, 3.8) is 0 Å². The fourth-order valence-corrected chi connectivity index (χ4v) is 3.83. The maximum absolute atomic E-state index is 11.6. The summed E-state index contributed by atoms with van der Waals surface area (Å²) >= 11 is 0. The summed E-state index contributed by atoms with van der Waals surface area (Å²) in [5.74, 6) is 0.735. The lowest BCUT2D eigenvalue weighted by Gasteiger charge is -2.19. The highest BCUT2D eigenvalue weighted by Crippen LogP contribution is 2.47. The Labute approximate surface area is 190 Å². The van der Waals surface area contributed by atoms with Gasteiger partial charge in [0.05, 0.1) is 18.5 Å². The van der Waals surface area contributed by atoms with E-state index in [0.29, 0.717) is 12.2 Å². The normalized spacial score (nSPS) is 15.2. The predicted octanol–water partition coefficient (Wildman–Crippen LogP) is 3.46. The number of guanidine groups is 1. The van der Waals surface area contributed by atoms with Gasteiger partial charge in [-0.25, -0.2) is 13.4 Å². The second kappa shape index (κ2) is 10.3. The molecule has 0 atom stereocenters. The number of hydrogen-bond acceptors (Lipinski definition) is 3. The first-order valence-corrected chi connectivity index (χ1v) is 11.4. The van der Waals surface area contributed by atoms with E-state index in [-0.39, 0.29) is 29.4 Å². The van der Waals surface area contributed by atoms with Crippen LogP contribution in [0.25, 0.3) is 0 Å². The van der Waals surface area contributed by atoms with Crippen LogP contribution in [0.3, 0.4) is 0 Å². The number of aliphatic imine (C=N–C) groups is 1. The van der Waals surface area contributed by atoms with Crippen LogP contribution in [0.2, 0.25) is 0 Å². The molecule has 0 unspecified atom stereocenters. The molecule has 1 fully saturated rings. The average molecular weight is 528 g/mol. The number of halogens is 1. The lowest BCUT2D eigenvalue weighted by Crippen LogP contribution is -2.41. The number of nitrogens with zero attached hydrogens (tertiary/aromatic N) is 1. The molecule has 2 aromatic carbocycles. The molecular weight excluding hydrogens is 499 g/mol. The van der Waals surface area contributed by atoms with Gasteiger partial charge < -0.3 is 10.6 Å². The summed E-state index contributed by atoms with van der Waals surface area (Å²) < 4.78 is 25.7. The molecule has 0 amide bonds. The van der Waals surface area contributed by atoms with Gasteiger partial charge in [0.2, 0.25) is 10.0 Å². The third-order valence-electron chi connectivity index (χ3n) is 4.90. The molecule has 0 aromatic heterocycles. The minimum Gasteiger partial charge on any atom is -0.357 e. The van der Waals surface area contributed by atoms with Gasteiger partial charge in [0.25, 0.3) is 0 Å². The molecule has 8 heteroatoms. The Morgan fingerprint density at radius 3 is 2.31 bits per heavy atom. The highest BCUT2D eigenvalue weighted by atomic mass is 127. The largest absolute Gasteiger partial charge is 0.357 e. The molecular formula is C21H29IN4O2S. The zero-order valence-corrected chi connectivity index (χ0v) is 20.0. The highest BCUT2D eigenvalue weighted by Gasteiger charge is 2.43. The van der Waals surface area contributed by atoms with Crippen LogP contribution in [0.4, 0.5) is 5.69 Å². The fraction of sp³-hybridized carbons (Fsp3) is 0.381. The second-order valence-electron chi connectivity index (χ2n) is 7.23. The van der Waals surface area contributed by atoms with Crippen molar-refractivity contribution in [2.75, 3.05) is 24.1 Å². The lowest BCUT2D eigenvalue weighted by molar-refractivity contribution is 0.606. The Morgan fingerprint density at radius 1 is 1.03 bits per heavy atom. The summed E-state index contributed by atoms with van der Waals surface area (Å²) in [6.45, 7) is 3.99. The first-order valence-electron chi connectivity index (χ1n) is 9.55. The zero-order chi connectivity index (χ0) is 20.0. The van der Waals surface area contributed by atoms with E-state index < -0.39 is 10.0 Å². The van der Waals surface area contributed by atoms with Crippen molar-refractivity contribution in [1.82, 2.24) is 10.6 Å². The summed E-state index contributed by atoms with van der Waals surface area (Å²) in [5, 5.41) is 6.73. The van der Waals surface area contributed by atoms with Crippen molar-refractivity contribution in [3.8, 4) is 0 Å². The summed E-state index contributed by atoms with van der Waals surface area (Å²) in [5.41, 5.74) is 2.94. The van der Waals surface area contributed by atoms with E-state index in [4.69, 9.17) is 0 Å². The van der Waals surface area contributed by atoms with Crippen LogP contribution in [0.1, 0.15) is 30.9 Å². The Morgan fingerprint density at radius 2 is 1.69 bits per heavy atom. The molecule has 0 saturated heterocycles. The summed E-state index contributed by atoms with van der Waals surface area (Å²) in [6.07, 6.45) is 3.49. The fourth-order valence-electron chi connectivity index (χ4n) is 3.23. The van der Waals surface area contributed by atoms with Crippen molar-refractivity contribution in [2.45, 2.75) is 31.7 Å². The molecule has 3 rings (SSSR count). The first kappa shape index (κ1) is 23.5. The SMILES string of the molecule is CCNC(=NCc1ccccc1NS(C)(=O)=O)NCC1(c2ccccc2)CC1.I. The van der Waals surface area contributed by atoms with Gasteiger partial charge in [0, 0.05) is 18.5 Å². The summed E-state index contributed by atoms with van der Waals surface area (Å²) in [6, 6.07) is 17.9. The molecule has 2 aromatic rings. The van der Waals surface area contributed by atoms with Gasteiger partial charge >= 0.3 is 0 Å². The number of sulfonamides is 1. The molecule has 3 N–H and O–H groups in total. The zero-order valence-electron chi connectivity index (χ0n) is 16.8. The van der Waals surface area contributed by atoms with Gasteiger partial charge in [-0.3, -0.25) is 4.72 Å². The monoisotopic (exact) mass is 528 g/mol. The molecule has 1 saturated carbocycles. The van der Waals surface area contributed by atoms with E-state index in [2.05, 4.69) is 44.6 Å². The van der Waals surface area contributed by atoms with Gasteiger partial charge in [-0.05, 0) is 37.0 Å². The Kier molecular flexibility index (Phi) is 8.33. The average Bonchev–Trinajstić information content (AvgIpc) is 3.46. The van der Waals surface area contributed by atoms with Crippen LogP contribution >= 0.6 is 24.0 Å². The van der Waals surface area contributed by atoms with E-state index in [1.807, 2.05) is 25.1 Å². The number of benzene rings is 2. The van der Waals surface area contributed by atoms with Gasteiger partial charge in [0.1, 0.15) is 0 Å². The van der Waals surface area contributed by atoms with E-state index in [9.17, 15) is 8.42 Å². The minimum absolute atomic E-state index is 0. The van der Waals surface area contributed by atoms with Crippen molar-refractivity contribution in [3.05, 3.63) is 65.7 Å². The highest BCUT2D eigenvalue weighted by molar-refractivity contribution is 14.0. The maximum Gasteiger partial charge on any atom is 0.229 e. The van der Waals surface area contributed by atoms with E-state index in [1.165, 1.54) is 18.4 Å². The predicted molar refractivity (Wildman–Crippen MR) is 130 cm³/mol. The number of rotatable bonds is 8.